The number of aryl methyl sites for hydroxylation is 2. The first-order valence-corrected chi connectivity index (χ1v) is 9.69. The van der Waals surface area contributed by atoms with Gasteiger partial charge in [-0.3, -0.25) is 9.69 Å². The van der Waals surface area contributed by atoms with Gasteiger partial charge in [-0.1, -0.05) is 18.5 Å². The molecule has 0 radical (unpaired) electrons. The van der Waals surface area contributed by atoms with Gasteiger partial charge in [-0.15, -0.1) is 0 Å². The summed E-state index contributed by atoms with van der Waals surface area (Å²) in [5.41, 5.74) is 4.39. The van der Waals surface area contributed by atoms with Crippen molar-refractivity contribution >= 4 is 22.6 Å². The molecule has 27 heavy (non-hydrogen) atoms. The summed E-state index contributed by atoms with van der Waals surface area (Å²) in [4.78, 5) is 24.2. The first-order valence-electron chi connectivity index (χ1n) is 9.31. The number of hydrogen-bond donors (Lipinski definition) is 0. The first kappa shape index (κ1) is 18.1. The summed E-state index contributed by atoms with van der Waals surface area (Å²) in [7, 11) is 0. The van der Waals surface area contributed by atoms with Gasteiger partial charge in [0.1, 0.15) is 11.4 Å². The lowest BCUT2D eigenvalue weighted by Crippen LogP contribution is -2.32. The standard InChI is InChI=1S/C21H22ClN3O2/c1-3-4-20-23-9-14-10-25(6-5-18(14)24-20)11-15-12-27-19-7-13(2)17(22)8-16(19)21(15)26/h7-9,12H,3-6,10-11H2,1-2H3. The number of hydrogen-bond acceptors (Lipinski definition) is 5. The highest BCUT2D eigenvalue weighted by Gasteiger charge is 2.20. The average molecular weight is 384 g/mol. The van der Waals surface area contributed by atoms with E-state index < -0.39 is 0 Å². The minimum atomic E-state index is -0.0153. The number of benzene rings is 1. The van der Waals surface area contributed by atoms with Crippen LogP contribution in [0.25, 0.3) is 11.0 Å². The summed E-state index contributed by atoms with van der Waals surface area (Å²) in [5, 5.41) is 1.12. The molecule has 0 N–H and O–H groups in total. The van der Waals surface area contributed by atoms with E-state index in [1.54, 1.807) is 12.3 Å². The number of fused-ring (bicyclic) bond motifs is 2. The van der Waals surface area contributed by atoms with Crippen LogP contribution in [-0.4, -0.2) is 21.4 Å². The van der Waals surface area contributed by atoms with E-state index in [-0.39, 0.29) is 5.43 Å². The molecule has 4 rings (SSSR count). The smallest absolute Gasteiger partial charge is 0.197 e. The molecular weight excluding hydrogens is 362 g/mol. The highest BCUT2D eigenvalue weighted by atomic mass is 35.5. The van der Waals surface area contributed by atoms with Gasteiger partial charge < -0.3 is 4.42 Å². The van der Waals surface area contributed by atoms with Crippen LogP contribution in [0, 0.1) is 6.92 Å². The van der Waals surface area contributed by atoms with Crippen molar-refractivity contribution in [2.24, 2.45) is 0 Å². The fourth-order valence-corrected chi connectivity index (χ4v) is 3.70. The summed E-state index contributed by atoms with van der Waals surface area (Å²) in [6, 6.07) is 3.52. The van der Waals surface area contributed by atoms with Crippen LogP contribution in [0.5, 0.6) is 0 Å². The molecule has 0 fully saturated rings. The van der Waals surface area contributed by atoms with Crippen molar-refractivity contribution in [2.45, 2.75) is 46.2 Å². The number of aromatic nitrogens is 2. The molecule has 0 saturated heterocycles. The second-order valence-corrected chi connectivity index (χ2v) is 7.56. The van der Waals surface area contributed by atoms with Crippen LogP contribution in [0.4, 0.5) is 0 Å². The van der Waals surface area contributed by atoms with Crippen LogP contribution in [0.1, 0.15) is 41.6 Å². The molecule has 5 nitrogen and oxygen atoms in total. The maximum absolute atomic E-state index is 12.9. The van der Waals surface area contributed by atoms with Gasteiger partial charge in [-0.25, -0.2) is 9.97 Å². The number of rotatable bonds is 4. The minimum Gasteiger partial charge on any atom is -0.464 e. The van der Waals surface area contributed by atoms with Gasteiger partial charge in [-0.05, 0) is 31.0 Å². The van der Waals surface area contributed by atoms with E-state index >= 15 is 0 Å². The van der Waals surface area contributed by atoms with Crippen LogP contribution in [-0.2, 0) is 25.9 Å². The van der Waals surface area contributed by atoms with E-state index in [1.807, 2.05) is 19.2 Å². The lowest BCUT2D eigenvalue weighted by atomic mass is 10.1. The molecule has 2 aromatic heterocycles. The van der Waals surface area contributed by atoms with Gasteiger partial charge in [0.25, 0.3) is 0 Å². The van der Waals surface area contributed by atoms with Crippen LogP contribution in [0.15, 0.2) is 33.8 Å². The maximum atomic E-state index is 12.9. The van der Waals surface area contributed by atoms with E-state index in [4.69, 9.17) is 16.0 Å². The Balaban J connectivity index is 1.57. The van der Waals surface area contributed by atoms with Crippen LogP contribution < -0.4 is 5.43 Å². The van der Waals surface area contributed by atoms with E-state index in [0.717, 1.165) is 55.0 Å². The molecule has 6 heteroatoms. The van der Waals surface area contributed by atoms with Crippen molar-refractivity contribution in [3.05, 3.63) is 68.0 Å². The summed E-state index contributed by atoms with van der Waals surface area (Å²) in [6.45, 7) is 6.18. The molecule has 1 aliphatic heterocycles. The summed E-state index contributed by atoms with van der Waals surface area (Å²) >= 11 is 6.19. The lowest BCUT2D eigenvalue weighted by Gasteiger charge is -2.27. The molecule has 3 aromatic rings. The highest BCUT2D eigenvalue weighted by Crippen LogP contribution is 2.23. The fraction of sp³-hybridized carbons (Fsp3) is 0.381. The van der Waals surface area contributed by atoms with Gasteiger partial charge in [0.05, 0.1) is 11.6 Å². The number of halogens is 1. The first-order chi connectivity index (χ1) is 13.0. The Hall–Kier alpha value is -2.24. The zero-order chi connectivity index (χ0) is 19.0. The lowest BCUT2D eigenvalue weighted by molar-refractivity contribution is 0.240. The zero-order valence-electron chi connectivity index (χ0n) is 15.6. The molecule has 0 bridgehead atoms. The van der Waals surface area contributed by atoms with Gasteiger partial charge in [0.15, 0.2) is 5.43 Å². The molecule has 1 aromatic carbocycles. The predicted octanol–water partition coefficient (Wildman–Crippen LogP) is 4.06. The molecule has 0 spiro atoms. The third-order valence-corrected chi connectivity index (χ3v) is 5.46. The molecule has 0 unspecified atom stereocenters. The fourth-order valence-electron chi connectivity index (χ4n) is 3.54. The van der Waals surface area contributed by atoms with Crippen LogP contribution in [0.2, 0.25) is 5.02 Å². The second kappa shape index (κ2) is 7.41. The van der Waals surface area contributed by atoms with Gasteiger partial charge in [0, 0.05) is 60.5 Å². The van der Waals surface area contributed by atoms with Crippen LogP contribution >= 0.6 is 11.6 Å². The van der Waals surface area contributed by atoms with Gasteiger partial charge >= 0.3 is 0 Å². The predicted molar refractivity (Wildman–Crippen MR) is 106 cm³/mol. The van der Waals surface area contributed by atoms with E-state index in [2.05, 4.69) is 21.8 Å². The Kier molecular flexibility index (Phi) is 4.98. The second-order valence-electron chi connectivity index (χ2n) is 7.16. The molecular formula is C21H22ClN3O2. The van der Waals surface area contributed by atoms with Crippen molar-refractivity contribution in [3.63, 3.8) is 0 Å². The van der Waals surface area contributed by atoms with Gasteiger partial charge in [0.2, 0.25) is 0 Å². The third kappa shape index (κ3) is 3.62. The monoisotopic (exact) mass is 383 g/mol. The molecule has 1 aliphatic rings. The van der Waals surface area contributed by atoms with E-state index in [9.17, 15) is 4.79 Å². The average Bonchev–Trinajstić information content (AvgIpc) is 2.66. The largest absolute Gasteiger partial charge is 0.464 e. The summed E-state index contributed by atoms with van der Waals surface area (Å²) in [5.74, 6) is 0.923. The summed E-state index contributed by atoms with van der Waals surface area (Å²) in [6.07, 6.45) is 6.35. The Morgan fingerprint density at radius 2 is 2.19 bits per heavy atom. The zero-order valence-corrected chi connectivity index (χ0v) is 16.3. The Labute approximate surface area is 163 Å². The Bertz CT molecular complexity index is 1060. The third-order valence-electron chi connectivity index (χ3n) is 5.06. The van der Waals surface area contributed by atoms with Crippen molar-refractivity contribution in [1.82, 2.24) is 14.9 Å². The molecule has 140 valence electrons. The topological polar surface area (TPSA) is 59.2 Å². The Morgan fingerprint density at radius 1 is 1.33 bits per heavy atom. The van der Waals surface area contributed by atoms with Crippen LogP contribution in [0.3, 0.4) is 0 Å². The maximum Gasteiger partial charge on any atom is 0.197 e. The quantitative estimate of drug-likeness (QED) is 0.680. The van der Waals surface area contributed by atoms with Crippen molar-refractivity contribution in [1.29, 1.82) is 0 Å². The summed E-state index contributed by atoms with van der Waals surface area (Å²) < 4.78 is 5.70. The number of nitrogens with zero attached hydrogens (tertiary/aromatic N) is 3. The highest BCUT2D eigenvalue weighted by molar-refractivity contribution is 6.32. The van der Waals surface area contributed by atoms with E-state index in [0.29, 0.717) is 28.1 Å². The van der Waals surface area contributed by atoms with Crippen molar-refractivity contribution in [3.8, 4) is 0 Å². The van der Waals surface area contributed by atoms with Gasteiger partial charge in [-0.2, -0.15) is 0 Å². The minimum absolute atomic E-state index is 0.0153. The molecule has 3 heterocycles. The SMILES string of the molecule is CCCc1ncc2c(n1)CCN(Cc1coc3cc(C)c(Cl)cc3c1=O)C2. The van der Waals surface area contributed by atoms with Crippen molar-refractivity contribution < 1.29 is 4.42 Å². The molecule has 0 amide bonds. The molecule has 0 atom stereocenters. The molecule has 0 saturated carbocycles. The molecule has 0 aliphatic carbocycles. The normalized spacial score (nSPS) is 14.5. The Morgan fingerprint density at radius 3 is 3.00 bits per heavy atom. The van der Waals surface area contributed by atoms with E-state index in [1.165, 1.54) is 0 Å². The van der Waals surface area contributed by atoms with Crippen molar-refractivity contribution in [2.75, 3.05) is 6.54 Å².